The van der Waals surface area contributed by atoms with Crippen molar-refractivity contribution in [2.45, 2.75) is 20.8 Å². The Bertz CT molecular complexity index is 322. The molecule has 0 atom stereocenters. The fourth-order valence-corrected chi connectivity index (χ4v) is 1.71. The summed E-state index contributed by atoms with van der Waals surface area (Å²) < 4.78 is 0. The number of aromatic nitrogens is 2. The van der Waals surface area contributed by atoms with Gasteiger partial charge in [-0.3, -0.25) is 0 Å². The third-order valence-electron chi connectivity index (χ3n) is 2.29. The first-order valence-electron chi connectivity index (χ1n) is 5.26. The van der Waals surface area contributed by atoms with E-state index in [1.807, 2.05) is 14.0 Å². The Hall–Kier alpha value is -1.32. The average molecular weight is 208 g/mol. The van der Waals surface area contributed by atoms with Gasteiger partial charge in [0.2, 0.25) is 0 Å². The monoisotopic (exact) mass is 208 g/mol. The first-order valence-corrected chi connectivity index (χ1v) is 5.26. The van der Waals surface area contributed by atoms with Crippen LogP contribution in [0.3, 0.4) is 0 Å². The molecule has 15 heavy (non-hydrogen) atoms. The number of nitrogens with one attached hydrogen (secondary N) is 1. The molecule has 0 aliphatic rings. The van der Waals surface area contributed by atoms with Gasteiger partial charge in [-0.05, 0) is 12.8 Å². The molecule has 1 rings (SSSR count). The molecule has 0 aliphatic carbocycles. The maximum Gasteiger partial charge on any atom is 0.136 e. The van der Waals surface area contributed by atoms with E-state index in [0.717, 1.165) is 23.7 Å². The Morgan fingerprint density at radius 3 is 2.60 bits per heavy atom. The van der Waals surface area contributed by atoms with Gasteiger partial charge in [-0.15, -0.1) is 0 Å². The highest BCUT2D eigenvalue weighted by Crippen LogP contribution is 2.21. The van der Waals surface area contributed by atoms with Crippen LogP contribution >= 0.6 is 0 Å². The average Bonchev–Trinajstić information content (AvgIpc) is 2.17. The Kier molecular flexibility index (Phi) is 3.88. The first-order chi connectivity index (χ1) is 7.06. The summed E-state index contributed by atoms with van der Waals surface area (Å²) in [5, 5.41) is 3.07. The molecule has 1 heterocycles. The Balaban J connectivity index is 2.93. The van der Waals surface area contributed by atoms with Crippen LogP contribution in [-0.2, 0) is 0 Å². The lowest BCUT2D eigenvalue weighted by molar-refractivity contribution is 0.633. The second-order valence-corrected chi connectivity index (χ2v) is 4.20. The topological polar surface area (TPSA) is 41.1 Å². The van der Waals surface area contributed by atoms with Crippen molar-refractivity contribution in [1.29, 1.82) is 0 Å². The fourth-order valence-electron chi connectivity index (χ4n) is 1.71. The zero-order valence-electron chi connectivity index (χ0n) is 10.2. The third kappa shape index (κ3) is 2.81. The Morgan fingerprint density at radius 2 is 2.07 bits per heavy atom. The molecule has 0 unspecified atom stereocenters. The van der Waals surface area contributed by atoms with Crippen LogP contribution in [-0.4, -0.2) is 30.6 Å². The predicted molar refractivity (Wildman–Crippen MR) is 64.4 cm³/mol. The molecule has 0 saturated carbocycles. The molecule has 0 aliphatic heterocycles. The van der Waals surface area contributed by atoms with Crippen LogP contribution < -0.4 is 10.2 Å². The Morgan fingerprint density at radius 1 is 1.40 bits per heavy atom. The standard InChI is InChI=1S/C11H20N4/c1-8(2)6-15(5)11-9(3)10(12-4)13-7-14-11/h7-8H,6H2,1-5H3,(H,12,13,14). The summed E-state index contributed by atoms with van der Waals surface area (Å²) in [5.41, 5.74) is 1.10. The lowest BCUT2D eigenvalue weighted by atomic mass is 10.2. The summed E-state index contributed by atoms with van der Waals surface area (Å²) in [6, 6.07) is 0. The van der Waals surface area contributed by atoms with Crippen LogP contribution in [0.25, 0.3) is 0 Å². The van der Waals surface area contributed by atoms with Gasteiger partial charge >= 0.3 is 0 Å². The largest absolute Gasteiger partial charge is 0.373 e. The van der Waals surface area contributed by atoms with E-state index in [1.165, 1.54) is 0 Å². The van der Waals surface area contributed by atoms with Gasteiger partial charge in [0.05, 0.1) is 0 Å². The molecule has 1 aromatic heterocycles. The molecule has 4 nitrogen and oxygen atoms in total. The van der Waals surface area contributed by atoms with Crippen molar-refractivity contribution in [1.82, 2.24) is 9.97 Å². The minimum absolute atomic E-state index is 0.627. The molecule has 0 fully saturated rings. The van der Waals surface area contributed by atoms with Gasteiger partial charge in [-0.2, -0.15) is 0 Å². The van der Waals surface area contributed by atoms with E-state index >= 15 is 0 Å². The van der Waals surface area contributed by atoms with Crippen LogP contribution in [0.4, 0.5) is 11.6 Å². The van der Waals surface area contributed by atoms with Gasteiger partial charge in [0.25, 0.3) is 0 Å². The smallest absolute Gasteiger partial charge is 0.136 e. The predicted octanol–water partition coefficient (Wildman–Crippen LogP) is 1.92. The van der Waals surface area contributed by atoms with Crippen LogP contribution in [0.1, 0.15) is 19.4 Å². The highest BCUT2D eigenvalue weighted by atomic mass is 15.2. The Labute approximate surface area is 91.7 Å². The van der Waals surface area contributed by atoms with Gasteiger partial charge in [-0.25, -0.2) is 9.97 Å². The van der Waals surface area contributed by atoms with E-state index in [2.05, 4.69) is 41.1 Å². The zero-order chi connectivity index (χ0) is 11.4. The molecule has 0 aromatic carbocycles. The molecule has 0 radical (unpaired) electrons. The molecule has 0 spiro atoms. The van der Waals surface area contributed by atoms with E-state index in [0.29, 0.717) is 5.92 Å². The zero-order valence-corrected chi connectivity index (χ0v) is 10.2. The molecule has 4 heteroatoms. The molecule has 1 aromatic rings. The molecule has 0 saturated heterocycles. The molecule has 0 bridgehead atoms. The maximum absolute atomic E-state index is 4.31. The summed E-state index contributed by atoms with van der Waals surface area (Å²) in [4.78, 5) is 10.7. The second kappa shape index (κ2) is 4.96. The van der Waals surface area contributed by atoms with Crippen molar-refractivity contribution in [2.24, 2.45) is 5.92 Å². The van der Waals surface area contributed by atoms with Crippen LogP contribution in [0, 0.1) is 12.8 Å². The van der Waals surface area contributed by atoms with E-state index < -0.39 is 0 Å². The van der Waals surface area contributed by atoms with Crippen molar-refractivity contribution in [3.05, 3.63) is 11.9 Å². The molecular formula is C11H20N4. The highest BCUT2D eigenvalue weighted by Gasteiger charge is 2.10. The lowest BCUT2D eigenvalue weighted by Crippen LogP contribution is -2.24. The lowest BCUT2D eigenvalue weighted by Gasteiger charge is -2.22. The summed E-state index contributed by atoms with van der Waals surface area (Å²) in [6.07, 6.45) is 1.60. The normalized spacial score (nSPS) is 10.5. The summed E-state index contributed by atoms with van der Waals surface area (Å²) >= 11 is 0. The van der Waals surface area contributed by atoms with Crippen molar-refractivity contribution in [3.8, 4) is 0 Å². The van der Waals surface area contributed by atoms with Crippen molar-refractivity contribution < 1.29 is 0 Å². The minimum atomic E-state index is 0.627. The van der Waals surface area contributed by atoms with E-state index in [4.69, 9.17) is 0 Å². The number of hydrogen-bond donors (Lipinski definition) is 1. The number of nitrogens with zero attached hydrogens (tertiary/aromatic N) is 3. The summed E-state index contributed by atoms with van der Waals surface area (Å²) in [6.45, 7) is 7.44. The van der Waals surface area contributed by atoms with Gasteiger partial charge in [0.15, 0.2) is 0 Å². The third-order valence-corrected chi connectivity index (χ3v) is 2.29. The molecular weight excluding hydrogens is 188 g/mol. The van der Waals surface area contributed by atoms with Crippen molar-refractivity contribution in [3.63, 3.8) is 0 Å². The van der Waals surface area contributed by atoms with Crippen LogP contribution in [0.15, 0.2) is 6.33 Å². The van der Waals surface area contributed by atoms with E-state index in [1.54, 1.807) is 6.33 Å². The fraction of sp³-hybridized carbons (Fsp3) is 0.636. The van der Waals surface area contributed by atoms with Gasteiger partial charge < -0.3 is 10.2 Å². The quantitative estimate of drug-likeness (QED) is 0.820. The van der Waals surface area contributed by atoms with Gasteiger partial charge in [0, 0.05) is 26.2 Å². The number of anilines is 2. The first kappa shape index (κ1) is 11.8. The van der Waals surface area contributed by atoms with Crippen molar-refractivity contribution >= 4 is 11.6 Å². The van der Waals surface area contributed by atoms with Crippen molar-refractivity contribution in [2.75, 3.05) is 30.9 Å². The molecule has 0 amide bonds. The molecule has 84 valence electrons. The number of hydrogen-bond acceptors (Lipinski definition) is 4. The number of rotatable bonds is 4. The van der Waals surface area contributed by atoms with E-state index in [9.17, 15) is 0 Å². The summed E-state index contributed by atoms with van der Waals surface area (Å²) in [7, 11) is 3.94. The highest BCUT2D eigenvalue weighted by molar-refractivity contribution is 5.57. The van der Waals surface area contributed by atoms with Gasteiger partial charge in [-0.1, -0.05) is 13.8 Å². The SMILES string of the molecule is CNc1ncnc(N(C)CC(C)C)c1C. The maximum atomic E-state index is 4.31. The second-order valence-electron chi connectivity index (χ2n) is 4.20. The van der Waals surface area contributed by atoms with E-state index in [-0.39, 0.29) is 0 Å². The van der Waals surface area contributed by atoms with Crippen LogP contribution in [0.2, 0.25) is 0 Å². The molecule has 1 N–H and O–H groups in total. The minimum Gasteiger partial charge on any atom is -0.373 e. The van der Waals surface area contributed by atoms with Gasteiger partial charge in [0.1, 0.15) is 18.0 Å². The van der Waals surface area contributed by atoms with Crippen LogP contribution in [0.5, 0.6) is 0 Å². The summed E-state index contributed by atoms with van der Waals surface area (Å²) in [5.74, 6) is 2.53.